The number of hydrogen-bond donors (Lipinski definition) is 1. The standard InChI is InChI=1S/C18H27N5O4S/c1-4-26-16-11-18(28(24,25)20-14-9-7-6-8-13(14)3)17(27-5-2)10-15(16)23-12-19-21-22-23/h10-14,20H,4-9H2,1-3H3/t13-,14-/m0/s1. The molecule has 3 rings (SSSR count). The molecule has 0 saturated heterocycles. The van der Waals surface area contributed by atoms with Crippen molar-refractivity contribution in [1.82, 2.24) is 24.9 Å². The largest absolute Gasteiger partial charge is 0.492 e. The molecule has 0 spiro atoms. The maximum absolute atomic E-state index is 13.2. The molecule has 10 heteroatoms. The minimum absolute atomic E-state index is 0.0624. The molecule has 1 aliphatic rings. The fourth-order valence-electron chi connectivity index (χ4n) is 3.48. The number of aromatic nitrogens is 4. The van der Waals surface area contributed by atoms with Gasteiger partial charge in [0.25, 0.3) is 0 Å². The Kier molecular flexibility index (Phi) is 6.50. The number of sulfonamides is 1. The van der Waals surface area contributed by atoms with Crippen molar-refractivity contribution in [2.24, 2.45) is 5.92 Å². The van der Waals surface area contributed by atoms with Gasteiger partial charge < -0.3 is 9.47 Å². The van der Waals surface area contributed by atoms with Gasteiger partial charge in [-0.25, -0.2) is 13.1 Å². The van der Waals surface area contributed by atoms with Crippen LogP contribution in [0.3, 0.4) is 0 Å². The van der Waals surface area contributed by atoms with Crippen LogP contribution in [0, 0.1) is 5.92 Å². The van der Waals surface area contributed by atoms with Crippen LogP contribution in [0.15, 0.2) is 23.4 Å². The number of ether oxygens (including phenoxy) is 2. The van der Waals surface area contributed by atoms with E-state index in [0.29, 0.717) is 30.6 Å². The topological polar surface area (TPSA) is 108 Å². The zero-order valence-electron chi connectivity index (χ0n) is 16.5. The van der Waals surface area contributed by atoms with E-state index in [1.54, 1.807) is 13.0 Å². The van der Waals surface area contributed by atoms with E-state index in [1.165, 1.54) is 17.1 Å². The Bertz CT molecular complexity index is 886. The Morgan fingerprint density at radius 3 is 2.50 bits per heavy atom. The monoisotopic (exact) mass is 409 g/mol. The van der Waals surface area contributed by atoms with Gasteiger partial charge in [-0.15, -0.1) is 5.10 Å². The Hall–Kier alpha value is -2.20. The molecule has 0 bridgehead atoms. The number of tetrazole rings is 1. The zero-order valence-corrected chi connectivity index (χ0v) is 17.3. The molecule has 0 radical (unpaired) electrons. The molecule has 154 valence electrons. The molecule has 0 amide bonds. The predicted octanol–water partition coefficient (Wildman–Crippen LogP) is 2.32. The van der Waals surface area contributed by atoms with Crippen LogP contribution in [0.4, 0.5) is 0 Å². The van der Waals surface area contributed by atoms with Gasteiger partial charge in [0, 0.05) is 18.2 Å². The Labute approximate surface area is 165 Å². The average Bonchev–Trinajstić information content (AvgIpc) is 3.19. The quantitative estimate of drug-likeness (QED) is 0.713. The minimum Gasteiger partial charge on any atom is -0.492 e. The third kappa shape index (κ3) is 4.44. The summed E-state index contributed by atoms with van der Waals surface area (Å²) < 4.78 is 42.0. The molecule has 2 aromatic rings. The van der Waals surface area contributed by atoms with E-state index in [0.717, 1.165) is 25.7 Å². The van der Waals surface area contributed by atoms with Crippen LogP contribution in [-0.4, -0.2) is 47.9 Å². The van der Waals surface area contributed by atoms with E-state index in [9.17, 15) is 8.42 Å². The van der Waals surface area contributed by atoms with Crippen LogP contribution in [0.2, 0.25) is 0 Å². The zero-order chi connectivity index (χ0) is 20.1. The number of benzene rings is 1. The summed E-state index contributed by atoms with van der Waals surface area (Å²) in [6, 6.07) is 3.01. The number of rotatable bonds is 8. The van der Waals surface area contributed by atoms with E-state index in [1.807, 2.05) is 6.92 Å². The molecular weight excluding hydrogens is 382 g/mol. The Balaban J connectivity index is 2.03. The average molecular weight is 410 g/mol. The highest BCUT2D eigenvalue weighted by atomic mass is 32.2. The molecule has 2 atom stereocenters. The smallest absolute Gasteiger partial charge is 0.244 e. The molecule has 28 heavy (non-hydrogen) atoms. The highest BCUT2D eigenvalue weighted by Crippen LogP contribution is 2.35. The van der Waals surface area contributed by atoms with Gasteiger partial charge >= 0.3 is 0 Å². The first-order chi connectivity index (χ1) is 13.5. The van der Waals surface area contributed by atoms with Crippen molar-refractivity contribution >= 4 is 10.0 Å². The van der Waals surface area contributed by atoms with Gasteiger partial charge in [0.1, 0.15) is 28.4 Å². The third-order valence-corrected chi connectivity index (χ3v) is 6.44. The molecule has 9 nitrogen and oxygen atoms in total. The van der Waals surface area contributed by atoms with E-state index in [4.69, 9.17) is 9.47 Å². The van der Waals surface area contributed by atoms with Crippen molar-refractivity contribution in [1.29, 1.82) is 0 Å². The molecule has 1 fully saturated rings. The predicted molar refractivity (Wildman–Crippen MR) is 103 cm³/mol. The van der Waals surface area contributed by atoms with Gasteiger partial charge in [0.2, 0.25) is 10.0 Å². The van der Waals surface area contributed by atoms with Crippen LogP contribution in [0.25, 0.3) is 5.69 Å². The summed E-state index contributed by atoms with van der Waals surface area (Å²) in [6.07, 6.45) is 5.44. The second kappa shape index (κ2) is 8.87. The first-order valence-corrected chi connectivity index (χ1v) is 11.1. The maximum Gasteiger partial charge on any atom is 0.244 e. The lowest BCUT2D eigenvalue weighted by Crippen LogP contribution is -2.41. The van der Waals surface area contributed by atoms with Crippen LogP contribution in [-0.2, 0) is 10.0 Å². The van der Waals surface area contributed by atoms with Crippen molar-refractivity contribution in [2.45, 2.75) is 57.4 Å². The molecule has 1 heterocycles. The van der Waals surface area contributed by atoms with Gasteiger partial charge in [-0.05, 0) is 43.0 Å². The summed E-state index contributed by atoms with van der Waals surface area (Å²) >= 11 is 0. The maximum atomic E-state index is 13.2. The Morgan fingerprint density at radius 1 is 1.14 bits per heavy atom. The van der Waals surface area contributed by atoms with Gasteiger partial charge in [-0.2, -0.15) is 4.68 Å². The second-order valence-electron chi connectivity index (χ2n) is 6.88. The lowest BCUT2D eigenvalue weighted by atomic mass is 9.87. The molecular formula is C18H27N5O4S. The summed E-state index contributed by atoms with van der Waals surface area (Å²) in [6.45, 7) is 6.42. The number of nitrogens with one attached hydrogen (secondary N) is 1. The van der Waals surface area contributed by atoms with Crippen molar-refractivity contribution in [3.8, 4) is 17.2 Å². The summed E-state index contributed by atoms with van der Waals surface area (Å²) in [5.41, 5.74) is 0.514. The lowest BCUT2D eigenvalue weighted by molar-refractivity contribution is 0.307. The molecule has 1 aromatic heterocycles. The van der Waals surface area contributed by atoms with E-state index in [-0.39, 0.29) is 16.7 Å². The highest BCUT2D eigenvalue weighted by Gasteiger charge is 2.30. The molecule has 0 aliphatic heterocycles. The molecule has 0 unspecified atom stereocenters. The fraction of sp³-hybridized carbons (Fsp3) is 0.611. The first kappa shape index (κ1) is 20.5. The van der Waals surface area contributed by atoms with Crippen molar-refractivity contribution in [2.75, 3.05) is 13.2 Å². The molecule has 1 saturated carbocycles. The normalized spacial score (nSPS) is 20.1. The Morgan fingerprint density at radius 2 is 1.86 bits per heavy atom. The highest BCUT2D eigenvalue weighted by molar-refractivity contribution is 7.89. The van der Waals surface area contributed by atoms with Crippen molar-refractivity contribution in [3.63, 3.8) is 0 Å². The lowest BCUT2D eigenvalue weighted by Gasteiger charge is -2.29. The number of nitrogens with zero attached hydrogens (tertiary/aromatic N) is 4. The molecule has 1 N–H and O–H groups in total. The van der Waals surface area contributed by atoms with Crippen molar-refractivity contribution in [3.05, 3.63) is 18.5 Å². The molecule has 1 aromatic carbocycles. The van der Waals surface area contributed by atoms with E-state index in [2.05, 4.69) is 27.2 Å². The SMILES string of the molecule is CCOc1cc(S(=O)(=O)N[C@H]2CCCC[C@@H]2C)c(OCC)cc1-n1cnnn1. The summed E-state index contributed by atoms with van der Waals surface area (Å²) in [7, 11) is -3.79. The fourth-order valence-corrected chi connectivity index (χ4v) is 5.01. The third-order valence-electron chi connectivity index (χ3n) is 4.93. The van der Waals surface area contributed by atoms with Gasteiger partial charge in [0.15, 0.2) is 0 Å². The van der Waals surface area contributed by atoms with E-state index >= 15 is 0 Å². The first-order valence-electron chi connectivity index (χ1n) is 9.65. The van der Waals surface area contributed by atoms with Crippen LogP contribution in [0.1, 0.15) is 46.5 Å². The minimum atomic E-state index is -3.79. The van der Waals surface area contributed by atoms with Crippen LogP contribution < -0.4 is 14.2 Å². The van der Waals surface area contributed by atoms with Gasteiger partial charge in [-0.3, -0.25) is 0 Å². The van der Waals surface area contributed by atoms with Gasteiger partial charge in [-0.1, -0.05) is 19.8 Å². The summed E-state index contributed by atoms with van der Waals surface area (Å²) in [5.74, 6) is 0.911. The molecule has 1 aliphatic carbocycles. The summed E-state index contributed by atoms with van der Waals surface area (Å²) in [4.78, 5) is 0.0624. The van der Waals surface area contributed by atoms with Crippen molar-refractivity contribution < 1.29 is 17.9 Å². The van der Waals surface area contributed by atoms with Gasteiger partial charge in [0.05, 0.1) is 13.2 Å². The second-order valence-corrected chi connectivity index (χ2v) is 8.56. The number of hydrogen-bond acceptors (Lipinski definition) is 7. The van der Waals surface area contributed by atoms with Crippen LogP contribution in [0.5, 0.6) is 11.5 Å². The summed E-state index contributed by atoms with van der Waals surface area (Å²) in [5, 5.41) is 11.2. The van der Waals surface area contributed by atoms with E-state index < -0.39 is 10.0 Å². The van der Waals surface area contributed by atoms with Crippen LogP contribution >= 0.6 is 0 Å².